The van der Waals surface area contributed by atoms with Crippen LogP contribution in [0.15, 0.2) is 158 Å². The Morgan fingerprint density at radius 2 is 0.833 bits per heavy atom. The van der Waals surface area contributed by atoms with Crippen molar-refractivity contribution in [2.24, 2.45) is 0 Å². The maximum atomic E-state index is 2.48. The first-order chi connectivity index (χ1) is 26.7. The van der Waals surface area contributed by atoms with E-state index < -0.39 is 0 Å². The van der Waals surface area contributed by atoms with Crippen molar-refractivity contribution in [3.8, 4) is 33.4 Å². The summed E-state index contributed by atoms with van der Waals surface area (Å²) < 4.78 is 5.39. The SMILES string of the molecule is C1=c2c(-c3cccc(-c4ccc5sc6cc7cc8c(cc7cc6c5c4)sc4ccccc48)c3)c3ccccc3c(-c3ccc4ccccc4c3)c2=CCC1. The Labute approximate surface area is 320 Å². The molecule has 54 heavy (non-hydrogen) atoms. The van der Waals surface area contributed by atoms with Gasteiger partial charge in [-0.2, -0.15) is 0 Å². The first-order valence-corrected chi connectivity index (χ1v) is 20.4. The van der Waals surface area contributed by atoms with Gasteiger partial charge in [-0.05, 0) is 144 Å². The predicted octanol–water partition coefficient (Wildman–Crippen LogP) is 14.2. The van der Waals surface area contributed by atoms with Crippen LogP contribution < -0.4 is 10.4 Å². The lowest BCUT2D eigenvalue weighted by atomic mass is 9.85. The number of thiophene rings is 2. The molecule has 2 aromatic heterocycles. The predicted molar refractivity (Wildman–Crippen MR) is 238 cm³/mol. The molecule has 1 aliphatic carbocycles. The van der Waals surface area contributed by atoms with Gasteiger partial charge in [-0.1, -0.05) is 115 Å². The molecule has 11 aromatic rings. The van der Waals surface area contributed by atoms with E-state index in [4.69, 9.17) is 0 Å². The van der Waals surface area contributed by atoms with E-state index in [0.29, 0.717) is 0 Å². The molecular formula is C52H32S2. The summed E-state index contributed by atoms with van der Waals surface area (Å²) in [6, 6.07) is 59.4. The quantitative estimate of drug-likeness (QED) is 0.170. The number of hydrogen-bond acceptors (Lipinski definition) is 2. The van der Waals surface area contributed by atoms with Gasteiger partial charge in [-0.25, -0.2) is 0 Å². The van der Waals surface area contributed by atoms with Gasteiger partial charge in [-0.15, -0.1) is 22.7 Å². The Balaban J connectivity index is 1.02. The van der Waals surface area contributed by atoms with Crippen LogP contribution in [-0.4, -0.2) is 0 Å². The summed E-state index contributed by atoms with van der Waals surface area (Å²) in [5.41, 5.74) is 7.74. The minimum atomic E-state index is 1.06. The second-order valence-corrected chi connectivity index (χ2v) is 16.9. The molecule has 0 unspecified atom stereocenters. The van der Waals surface area contributed by atoms with Crippen LogP contribution in [0.4, 0.5) is 0 Å². The van der Waals surface area contributed by atoms with E-state index >= 15 is 0 Å². The van der Waals surface area contributed by atoms with Crippen molar-refractivity contribution < 1.29 is 0 Å². The Kier molecular flexibility index (Phi) is 6.60. The van der Waals surface area contributed by atoms with Gasteiger partial charge in [0.25, 0.3) is 0 Å². The van der Waals surface area contributed by atoms with Crippen LogP contribution in [0.1, 0.15) is 12.8 Å². The van der Waals surface area contributed by atoms with Crippen molar-refractivity contribution >= 4 is 107 Å². The first-order valence-electron chi connectivity index (χ1n) is 18.8. The second kappa shape index (κ2) is 11.7. The molecule has 252 valence electrons. The Hall–Kier alpha value is -6.06. The van der Waals surface area contributed by atoms with Crippen LogP contribution in [0.5, 0.6) is 0 Å². The fraction of sp³-hybridized carbons (Fsp3) is 0.0385. The molecule has 9 aromatic carbocycles. The third kappa shape index (κ3) is 4.61. The zero-order valence-electron chi connectivity index (χ0n) is 29.4. The van der Waals surface area contributed by atoms with Gasteiger partial charge in [0.05, 0.1) is 0 Å². The Morgan fingerprint density at radius 1 is 0.296 bits per heavy atom. The minimum Gasteiger partial charge on any atom is -0.135 e. The highest BCUT2D eigenvalue weighted by molar-refractivity contribution is 7.26. The lowest BCUT2D eigenvalue weighted by Gasteiger charge is -2.18. The summed E-state index contributed by atoms with van der Waals surface area (Å²) >= 11 is 3.80. The van der Waals surface area contributed by atoms with Crippen molar-refractivity contribution in [3.63, 3.8) is 0 Å². The van der Waals surface area contributed by atoms with Crippen LogP contribution in [0.3, 0.4) is 0 Å². The Morgan fingerprint density at radius 3 is 1.57 bits per heavy atom. The largest absolute Gasteiger partial charge is 0.135 e. The van der Waals surface area contributed by atoms with Crippen molar-refractivity contribution in [1.29, 1.82) is 0 Å². The van der Waals surface area contributed by atoms with Crippen molar-refractivity contribution in [2.45, 2.75) is 12.8 Å². The lowest BCUT2D eigenvalue weighted by Crippen LogP contribution is -2.31. The number of hydrogen-bond donors (Lipinski definition) is 0. The van der Waals surface area contributed by atoms with Gasteiger partial charge >= 0.3 is 0 Å². The Bertz CT molecular complexity index is 3500. The van der Waals surface area contributed by atoms with Gasteiger partial charge < -0.3 is 0 Å². The van der Waals surface area contributed by atoms with Crippen molar-refractivity contribution in [2.75, 3.05) is 0 Å². The molecule has 1 aliphatic rings. The van der Waals surface area contributed by atoms with Gasteiger partial charge in [0.2, 0.25) is 0 Å². The summed E-state index contributed by atoms with van der Waals surface area (Å²) in [6.07, 6.45) is 7.07. The van der Waals surface area contributed by atoms with E-state index in [-0.39, 0.29) is 0 Å². The molecule has 0 fully saturated rings. The number of fused-ring (bicyclic) bond motifs is 10. The summed E-state index contributed by atoms with van der Waals surface area (Å²) in [4.78, 5) is 0. The van der Waals surface area contributed by atoms with E-state index in [9.17, 15) is 0 Å². The highest BCUT2D eigenvalue weighted by atomic mass is 32.1. The molecule has 2 heterocycles. The second-order valence-electron chi connectivity index (χ2n) is 14.7. The van der Waals surface area contributed by atoms with Gasteiger partial charge in [-0.3, -0.25) is 0 Å². The topological polar surface area (TPSA) is 0 Å². The van der Waals surface area contributed by atoms with E-state index in [1.807, 2.05) is 22.7 Å². The summed E-state index contributed by atoms with van der Waals surface area (Å²) in [7, 11) is 0. The van der Waals surface area contributed by atoms with E-state index in [1.165, 1.54) is 116 Å². The highest BCUT2D eigenvalue weighted by Gasteiger charge is 2.17. The molecule has 0 aliphatic heterocycles. The fourth-order valence-corrected chi connectivity index (χ4v) is 11.4. The smallest absolute Gasteiger partial charge is 0.0361 e. The zero-order valence-corrected chi connectivity index (χ0v) is 31.0. The summed E-state index contributed by atoms with van der Waals surface area (Å²) in [5, 5.41) is 15.9. The molecule has 0 radical (unpaired) electrons. The molecule has 0 nitrogen and oxygen atoms in total. The van der Waals surface area contributed by atoms with Crippen LogP contribution >= 0.6 is 22.7 Å². The average molecular weight is 721 g/mol. The van der Waals surface area contributed by atoms with Crippen LogP contribution in [0.25, 0.3) is 118 Å². The third-order valence-corrected chi connectivity index (χ3v) is 13.9. The van der Waals surface area contributed by atoms with Gasteiger partial charge in [0.15, 0.2) is 0 Å². The van der Waals surface area contributed by atoms with Crippen molar-refractivity contribution in [3.05, 3.63) is 168 Å². The minimum absolute atomic E-state index is 1.06. The maximum absolute atomic E-state index is 2.48. The van der Waals surface area contributed by atoms with Crippen molar-refractivity contribution in [1.82, 2.24) is 0 Å². The molecular weight excluding hydrogens is 689 g/mol. The number of rotatable bonds is 3. The lowest BCUT2D eigenvalue weighted by molar-refractivity contribution is 1.12. The van der Waals surface area contributed by atoms with Crippen LogP contribution in [0, 0.1) is 0 Å². The van der Waals surface area contributed by atoms with E-state index in [1.54, 1.807) is 0 Å². The molecule has 0 amide bonds. The maximum Gasteiger partial charge on any atom is 0.0361 e. The van der Waals surface area contributed by atoms with Crippen LogP contribution in [-0.2, 0) is 0 Å². The molecule has 0 saturated carbocycles. The summed E-state index contributed by atoms with van der Waals surface area (Å²) in [5.74, 6) is 0. The molecule has 0 N–H and O–H groups in total. The summed E-state index contributed by atoms with van der Waals surface area (Å²) in [6.45, 7) is 0. The highest BCUT2D eigenvalue weighted by Crippen LogP contribution is 2.42. The zero-order chi connectivity index (χ0) is 35.3. The number of benzene rings is 9. The molecule has 0 atom stereocenters. The fourth-order valence-electron chi connectivity index (χ4n) is 9.10. The third-order valence-electron chi connectivity index (χ3n) is 11.6. The normalized spacial score (nSPS) is 13.0. The molecule has 0 spiro atoms. The monoisotopic (exact) mass is 720 g/mol. The van der Waals surface area contributed by atoms with E-state index in [2.05, 4.69) is 170 Å². The van der Waals surface area contributed by atoms with Crippen LogP contribution in [0.2, 0.25) is 0 Å². The molecule has 12 rings (SSSR count). The van der Waals surface area contributed by atoms with Gasteiger partial charge in [0, 0.05) is 40.3 Å². The molecule has 2 heteroatoms. The molecule has 0 saturated heterocycles. The standard InChI is InChI=1S/C52H32S2/c1-2-11-32-24-36(21-20-31(32)10-1)52-42-17-5-3-15-40(42)51(41-16-4-6-18-43(41)52)35-13-9-12-33(25-35)34-22-23-48-45(26-34)46-28-38-29-49-44(27-37(38)30-50(46)54-48)39-14-7-8-19-47(39)53-49/h1-3,5,7-30H,4,6H2. The van der Waals surface area contributed by atoms with E-state index in [0.717, 1.165) is 12.8 Å². The average Bonchev–Trinajstić information content (AvgIpc) is 3.77. The first kappa shape index (κ1) is 30.4. The molecule has 0 bridgehead atoms. The van der Waals surface area contributed by atoms with Gasteiger partial charge in [0.1, 0.15) is 0 Å².